The molecule has 1 amide bonds. The molecule has 20 heavy (non-hydrogen) atoms. The summed E-state index contributed by atoms with van der Waals surface area (Å²) in [6, 6.07) is 6.04. The van der Waals surface area contributed by atoms with Crippen molar-refractivity contribution in [2.75, 3.05) is 5.32 Å². The number of anilines is 1. The number of hydrogen-bond acceptors (Lipinski definition) is 1. The van der Waals surface area contributed by atoms with Crippen molar-refractivity contribution in [1.82, 2.24) is 0 Å². The van der Waals surface area contributed by atoms with Crippen LogP contribution in [0, 0.1) is 24.4 Å². The Labute approximate surface area is 118 Å². The third-order valence-electron chi connectivity index (χ3n) is 2.68. The summed E-state index contributed by atoms with van der Waals surface area (Å²) in [6.45, 7) is 1.79. The lowest BCUT2D eigenvalue weighted by Gasteiger charge is -2.07. The minimum atomic E-state index is -1.61. The van der Waals surface area contributed by atoms with Crippen molar-refractivity contribution in [1.29, 1.82) is 0 Å². The molecule has 0 saturated carbocycles. The first-order valence-electron chi connectivity index (χ1n) is 5.60. The number of nitrogens with one attached hydrogen (secondary N) is 1. The smallest absolute Gasteiger partial charge is 0.255 e. The zero-order chi connectivity index (χ0) is 14.9. The Morgan fingerprint density at radius 1 is 1.10 bits per heavy atom. The average Bonchev–Trinajstić information content (AvgIpc) is 2.39. The number of hydrogen-bond donors (Lipinski definition) is 1. The lowest BCUT2D eigenvalue weighted by Crippen LogP contribution is -2.13. The molecule has 0 aliphatic carbocycles. The molecule has 0 heterocycles. The topological polar surface area (TPSA) is 29.1 Å². The first-order chi connectivity index (χ1) is 9.38. The van der Waals surface area contributed by atoms with Crippen LogP contribution in [0.5, 0.6) is 0 Å². The molecule has 0 aromatic heterocycles. The van der Waals surface area contributed by atoms with E-state index in [4.69, 9.17) is 11.6 Å². The van der Waals surface area contributed by atoms with E-state index in [0.29, 0.717) is 22.8 Å². The zero-order valence-corrected chi connectivity index (χ0v) is 11.1. The number of halogens is 4. The van der Waals surface area contributed by atoms with Crippen molar-refractivity contribution in [3.63, 3.8) is 0 Å². The molecule has 0 aliphatic heterocycles. The molecular weight excluding hydrogens is 291 g/mol. The van der Waals surface area contributed by atoms with Gasteiger partial charge in [0.1, 0.15) is 0 Å². The van der Waals surface area contributed by atoms with Crippen LogP contribution in [-0.2, 0) is 0 Å². The predicted molar refractivity (Wildman–Crippen MR) is 70.5 cm³/mol. The van der Waals surface area contributed by atoms with Crippen LogP contribution in [0.4, 0.5) is 18.9 Å². The molecule has 2 nitrogen and oxygen atoms in total. The van der Waals surface area contributed by atoms with E-state index in [9.17, 15) is 18.0 Å². The van der Waals surface area contributed by atoms with E-state index >= 15 is 0 Å². The predicted octanol–water partition coefficient (Wildman–Crippen LogP) is 4.32. The van der Waals surface area contributed by atoms with Gasteiger partial charge in [-0.15, -0.1) is 0 Å². The highest BCUT2D eigenvalue weighted by atomic mass is 35.5. The molecule has 0 saturated heterocycles. The van der Waals surface area contributed by atoms with Crippen LogP contribution in [0.1, 0.15) is 15.9 Å². The number of carbonyl (C=O) groups is 1. The van der Waals surface area contributed by atoms with Crippen molar-refractivity contribution in [2.24, 2.45) is 0 Å². The molecule has 0 fully saturated rings. The van der Waals surface area contributed by atoms with E-state index in [1.165, 1.54) is 6.07 Å². The Bertz CT molecular complexity index is 665. The lowest BCUT2D eigenvalue weighted by molar-refractivity contribution is 0.102. The quantitative estimate of drug-likeness (QED) is 0.822. The fraction of sp³-hybridized carbons (Fsp3) is 0.0714. The van der Waals surface area contributed by atoms with Gasteiger partial charge in [0.15, 0.2) is 17.5 Å². The van der Waals surface area contributed by atoms with Gasteiger partial charge in [0.05, 0.1) is 0 Å². The summed E-state index contributed by atoms with van der Waals surface area (Å²) in [7, 11) is 0. The number of benzene rings is 2. The Balaban J connectivity index is 2.26. The highest BCUT2D eigenvalue weighted by Crippen LogP contribution is 2.21. The first-order valence-corrected chi connectivity index (χ1v) is 5.98. The molecular formula is C14H9ClF3NO. The van der Waals surface area contributed by atoms with Gasteiger partial charge in [0, 0.05) is 16.3 Å². The van der Waals surface area contributed by atoms with Crippen LogP contribution in [0.2, 0.25) is 5.02 Å². The van der Waals surface area contributed by atoms with Gasteiger partial charge < -0.3 is 5.32 Å². The van der Waals surface area contributed by atoms with Crippen molar-refractivity contribution >= 4 is 23.2 Å². The van der Waals surface area contributed by atoms with Crippen LogP contribution in [-0.4, -0.2) is 5.91 Å². The normalized spacial score (nSPS) is 10.4. The Kier molecular flexibility index (Phi) is 3.99. The van der Waals surface area contributed by atoms with Crippen molar-refractivity contribution in [3.8, 4) is 0 Å². The van der Waals surface area contributed by atoms with Crippen molar-refractivity contribution in [2.45, 2.75) is 6.92 Å². The van der Waals surface area contributed by atoms with Gasteiger partial charge in [-0.3, -0.25) is 4.79 Å². The van der Waals surface area contributed by atoms with Gasteiger partial charge in [-0.2, -0.15) is 0 Å². The third kappa shape index (κ3) is 2.93. The van der Waals surface area contributed by atoms with Crippen LogP contribution >= 0.6 is 11.6 Å². The van der Waals surface area contributed by atoms with E-state index in [1.807, 2.05) is 0 Å². The Morgan fingerprint density at radius 2 is 1.70 bits per heavy atom. The fourth-order valence-electron chi connectivity index (χ4n) is 1.56. The molecule has 104 valence electrons. The highest BCUT2D eigenvalue weighted by Gasteiger charge is 2.15. The first kappa shape index (κ1) is 14.4. The molecule has 1 N–H and O–H groups in total. The van der Waals surface area contributed by atoms with Crippen LogP contribution in [0.3, 0.4) is 0 Å². The molecule has 0 radical (unpaired) electrons. The van der Waals surface area contributed by atoms with Crippen LogP contribution in [0.15, 0.2) is 30.3 Å². The van der Waals surface area contributed by atoms with Gasteiger partial charge in [-0.25, -0.2) is 13.2 Å². The van der Waals surface area contributed by atoms with E-state index in [-0.39, 0.29) is 5.56 Å². The van der Waals surface area contributed by atoms with Gasteiger partial charge in [-0.1, -0.05) is 17.7 Å². The summed E-state index contributed by atoms with van der Waals surface area (Å²) in [6.07, 6.45) is 0. The van der Waals surface area contributed by atoms with Crippen molar-refractivity contribution in [3.05, 3.63) is 63.9 Å². The molecule has 0 spiro atoms. The minimum absolute atomic E-state index is 0.321. The molecule has 2 aromatic rings. The third-order valence-corrected chi connectivity index (χ3v) is 3.08. The van der Waals surface area contributed by atoms with Gasteiger partial charge in [0.25, 0.3) is 5.91 Å². The lowest BCUT2D eigenvalue weighted by atomic mass is 10.1. The number of carbonyl (C=O) groups excluding carboxylic acids is 1. The molecule has 2 aromatic carbocycles. The Hall–Kier alpha value is -2.01. The number of amides is 1. The summed E-state index contributed by atoms with van der Waals surface area (Å²) in [5.41, 5.74) is 0.873. The second kappa shape index (κ2) is 5.54. The van der Waals surface area contributed by atoms with E-state index < -0.39 is 23.4 Å². The van der Waals surface area contributed by atoms with Crippen molar-refractivity contribution < 1.29 is 18.0 Å². The SMILES string of the molecule is Cc1ccc(NC(=O)c2cc(F)c(F)c(F)c2)cc1Cl. The zero-order valence-electron chi connectivity index (χ0n) is 10.3. The largest absolute Gasteiger partial charge is 0.322 e. The van der Waals surface area contributed by atoms with Gasteiger partial charge in [0.2, 0.25) is 0 Å². The standard InChI is InChI=1S/C14H9ClF3NO/c1-7-2-3-9(6-10(7)15)19-14(20)8-4-11(16)13(18)12(17)5-8/h2-6H,1H3,(H,19,20). The summed E-state index contributed by atoms with van der Waals surface area (Å²) in [5.74, 6) is -5.21. The summed E-state index contributed by atoms with van der Waals surface area (Å²) in [4.78, 5) is 11.8. The Morgan fingerprint density at radius 3 is 2.25 bits per heavy atom. The molecule has 0 unspecified atom stereocenters. The minimum Gasteiger partial charge on any atom is -0.322 e. The second-order valence-corrected chi connectivity index (χ2v) is 4.58. The summed E-state index contributed by atoms with van der Waals surface area (Å²) < 4.78 is 38.9. The van der Waals surface area contributed by atoms with Crippen LogP contribution < -0.4 is 5.32 Å². The second-order valence-electron chi connectivity index (χ2n) is 4.17. The maximum absolute atomic E-state index is 13.0. The molecule has 0 bridgehead atoms. The van der Waals surface area contributed by atoms with Gasteiger partial charge in [-0.05, 0) is 36.8 Å². The molecule has 6 heteroatoms. The molecule has 0 atom stereocenters. The molecule has 2 rings (SSSR count). The van der Waals surface area contributed by atoms with E-state index in [2.05, 4.69) is 5.32 Å². The summed E-state index contributed by atoms with van der Waals surface area (Å²) in [5, 5.41) is 2.86. The van der Waals surface area contributed by atoms with Crippen LogP contribution in [0.25, 0.3) is 0 Å². The summed E-state index contributed by atoms with van der Waals surface area (Å²) >= 11 is 5.89. The molecule has 0 aliphatic rings. The maximum atomic E-state index is 13.0. The van der Waals surface area contributed by atoms with Gasteiger partial charge >= 0.3 is 0 Å². The highest BCUT2D eigenvalue weighted by molar-refractivity contribution is 6.31. The fourth-order valence-corrected chi connectivity index (χ4v) is 1.74. The van der Waals surface area contributed by atoms with E-state index in [1.54, 1.807) is 19.1 Å². The maximum Gasteiger partial charge on any atom is 0.255 e. The number of aryl methyl sites for hydroxylation is 1. The monoisotopic (exact) mass is 299 g/mol. The average molecular weight is 300 g/mol. The van der Waals surface area contributed by atoms with E-state index in [0.717, 1.165) is 5.56 Å². The number of rotatable bonds is 2.